The van der Waals surface area contributed by atoms with Crippen molar-refractivity contribution in [3.05, 3.63) is 71.0 Å². The molecule has 0 unspecified atom stereocenters. The van der Waals surface area contributed by atoms with Crippen LogP contribution in [-0.2, 0) is 13.0 Å². The number of halogens is 3. The van der Waals surface area contributed by atoms with Crippen molar-refractivity contribution in [1.82, 2.24) is 9.97 Å². The van der Waals surface area contributed by atoms with Crippen molar-refractivity contribution in [1.29, 1.82) is 5.26 Å². The van der Waals surface area contributed by atoms with Crippen LogP contribution in [0.2, 0.25) is 0 Å². The van der Waals surface area contributed by atoms with E-state index in [0.29, 0.717) is 52.6 Å². The first-order valence-electron chi connectivity index (χ1n) is 10.5. The number of hydrogen-bond donors (Lipinski definition) is 1. The molecule has 174 valence electrons. The fourth-order valence-electron chi connectivity index (χ4n) is 3.52. The first-order chi connectivity index (χ1) is 16.3. The Morgan fingerprint density at radius 2 is 1.82 bits per heavy atom. The molecule has 10 heteroatoms. The summed E-state index contributed by atoms with van der Waals surface area (Å²) in [5.41, 5.74) is 2.71. The van der Waals surface area contributed by atoms with E-state index >= 15 is 0 Å². The van der Waals surface area contributed by atoms with E-state index in [2.05, 4.69) is 26.1 Å². The molecule has 1 aliphatic rings. The molecule has 1 heterocycles. The molecule has 1 aromatic heterocycles. The highest BCUT2D eigenvalue weighted by atomic mass is 19.4. The van der Waals surface area contributed by atoms with Gasteiger partial charge in [-0.1, -0.05) is 12.1 Å². The minimum absolute atomic E-state index is 0.0409. The van der Waals surface area contributed by atoms with Crippen molar-refractivity contribution in [3.8, 4) is 17.6 Å². The predicted octanol–water partition coefficient (Wildman–Crippen LogP) is 5.48. The maximum atomic E-state index is 12.3. The Morgan fingerprint density at radius 3 is 2.56 bits per heavy atom. The minimum atomic E-state index is -4.75. The number of anilines is 2. The van der Waals surface area contributed by atoms with Crippen molar-refractivity contribution in [2.75, 3.05) is 5.32 Å². The fourth-order valence-corrected chi connectivity index (χ4v) is 3.52. The highest BCUT2D eigenvalue weighted by Gasteiger charge is 2.30. The van der Waals surface area contributed by atoms with Gasteiger partial charge in [0.1, 0.15) is 18.1 Å². The van der Waals surface area contributed by atoms with Crippen LogP contribution in [0.25, 0.3) is 0 Å². The quantitative estimate of drug-likeness (QED) is 0.479. The van der Waals surface area contributed by atoms with E-state index in [-0.39, 0.29) is 18.1 Å². The minimum Gasteiger partial charge on any atom is -0.489 e. The molecule has 0 saturated heterocycles. The molecular weight excluding hydrogens is 449 g/mol. The Morgan fingerprint density at radius 1 is 1.06 bits per heavy atom. The molecule has 4 rings (SSSR count). The van der Waals surface area contributed by atoms with Crippen LogP contribution < -0.4 is 14.8 Å². The summed E-state index contributed by atoms with van der Waals surface area (Å²) >= 11 is 0. The SMILES string of the molecule is N#Cc1cc(Nc2ncc3c(n2)CCCCC3=O)cc(OCc2ccc(OC(F)(F)F)cc2)c1. The largest absolute Gasteiger partial charge is 0.573 e. The van der Waals surface area contributed by atoms with Gasteiger partial charge in [-0.2, -0.15) is 5.26 Å². The number of rotatable bonds is 6. The summed E-state index contributed by atoms with van der Waals surface area (Å²) < 4.78 is 46.5. The maximum absolute atomic E-state index is 12.3. The van der Waals surface area contributed by atoms with Crippen molar-refractivity contribution in [2.45, 2.75) is 38.7 Å². The number of ether oxygens (including phenoxy) is 2. The van der Waals surface area contributed by atoms with Crippen LogP contribution in [0.5, 0.6) is 11.5 Å². The summed E-state index contributed by atoms with van der Waals surface area (Å²) in [5, 5.41) is 12.4. The molecule has 0 amide bonds. The van der Waals surface area contributed by atoms with Gasteiger partial charge >= 0.3 is 6.36 Å². The van der Waals surface area contributed by atoms with E-state index in [9.17, 15) is 23.2 Å². The lowest BCUT2D eigenvalue weighted by Crippen LogP contribution is -2.17. The van der Waals surface area contributed by atoms with E-state index < -0.39 is 6.36 Å². The average molecular weight is 468 g/mol. The zero-order chi connectivity index (χ0) is 24.1. The second-order valence-electron chi connectivity index (χ2n) is 7.65. The number of carbonyl (C=O) groups is 1. The van der Waals surface area contributed by atoms with Crippen LogP contribution in [-0.4, -0.2) is 22.1 Å². The number of fused-ring (bicyclic) bond motifs is 1. The summed E-state index contributed by atoms with van der Waals surface area (Å²) in [6.07, 6.45) is -0.350. The molecule has 0 bridgehead atoms. The number of nitriles is 1. The summed E-state index contributed by atoms with van der Waals surface area (Å²) in [5.74, 6) is 0.396. The van der Waals surface area contributed by atoms with Gasteiger partial charge in [-0.05, 0) is 49.1 Å². The van der Waals surface area contributed by atoms with Crippen LogP contribution in [0, 0.1) is 11.3 Å². The third-order valence-corrected chi connectivity index (χ3v) is 5.09. The number of ketones is 1. The van der Waals surface area contributed by atoms with Crippen LogP contribution >= 0.6 is 0 Å². The first kappa shape index (κ1) is 23.0. The number of nitrogens with one attached hydrogen (secondary N) is 1. The molecular formula is C24H19F3N4O3. The number of aromatic nitrogens is 2. The highest BCUT2D eigenvalue weighted by Crippen LogP contribution is 2.26. The Hall–Kier alpha value is -4.13. The fraction of sp³-hybridized carbons (Fsp3) is 0.250. The molecule has 7 nitrogen and oxygen atoms in total. The van der Waals surface area contributed by atoms with E-state index in [1.54, 1.807) is 18.2 Å². The van der Waals surface area contributed by atoms with Gasteiger partial charge in [0.15, 0.2) is 5.78 Å². The Balaban J connectivity index is 1.47. The number of nitrogens with zero attached hydrogens (tertiary/aromatic N) is 3. The zero-order valence-electron chi connectivity index (χ0n) is 17.9. The van der Waals surface area contributed by atoms with Crippen molar-refractivity contribution >= 4 is 17.4 Å². The van der Waals surface area contributed by atoms with Crippen molar-refractivity contribution < 1.29 is 27.4 Å². The second-order valence-corrected chi connectivity index (χ2v) is 7.65. The Kier molecular flexibility index (Phi) is 6.63. The number of carbonyl (C=O) groups excluding carboxylic acids is 1. The van der Waals surface area contributed by atoms with Gasteiger partial charge in [0.05, 0.1) is 22.9 Å². The zero-order valence-corrected chi connectivity index (χ0v) is 17.9. The molecule has 0 spiro atoms. The molecule has 0 aliphatic heterocycles. The van der Waals surface area contributed by atoms with Gasteiger partial charge in [0, 0.05) is 24.4 Å². The monoisotopic (exact) mass is 468 g/mol. The Bertz CT molecular complexity index is 1240. The van der Waals surface area contributed by atoms with Crippen molar-refractivity contribution in [2.24, 2.45) is 0 Å². The molecule has 3 aromatic rings. The van der Waals surface area contributed by atoms with Crippen LogP contribution in [0.1, 0.15) is 46.4 Å². The van der Waals surface area contributed by atoms with Gasteiger partial charge in [-0.25, -0.2) is 9.97 Å². The average Bonchev–Trinajstić information content (AvgIpc) is 2.98. The smallest absolute Gasteiger partial charge is 0.489 e. The van der Waals surface area contributed by atoms with Gasteiger partial charge in [-0.15, -0.1) is 13.2 Å². The molecule has 0 fully saturated rings. The molecule has 34 heavy (non-hydrogen) atoms. The third-order valence-electron chi connectivity index (χ3n) is 5.09. The molecule has 1 N–H and O–H groups in total. The molecule has 1 aliphatic carbocycles. The van der Waals surface area contributed by atoms with Crippen molar-refractivity contribution in [3.63, 3.8) is 0 Å². The topological polar surface area (TPSA) is 97.1 Å². The van der Waals surface area contributed by atoms with Gasteiger partial charge in [0.25, 0.3) is 0 Å². The van der Waals surface area contributed by atoms with Crippen LogP contribution in [0.4, 0.5) is 24.8 Å². The lowest BCUT2D eigenvalue weighted by atomic mass is 10.1. The van der Waals surface area contributed by atoms with Crippen LogP contribution in [0.15, 0.2) is 48.7 Å². The Labute approximate surface area is 193 Å². The van der Waals surface area contributed by atoms with E-state index in [4.69, 9.17) is 4.74 Å². The lowest BCUT2D eigenvalue weighted by Gasteiger charge is -2.12. The molecule has 0 radical (unpaired) electrons. The molecule has 0 atom stereocenters. The number of aryl methyl sites for hydroxylation is 1. The maximum Gasteiger partial charge on any atom is 0.573 e. The predicted molar refractivity (Wildman–Crippen MR) is 116 cm³/mol. The van der Waals surface area contributed by atoms with E-state index in [1.165, 1.54) is 30.5 Å². The first-order valence-corrected chi connectivity index (χ1v) is 10.5. The third kappa shape index (κ3) is 6.01. The van der Waals surface area contributed by atoms with Gasteiger partial charge < -0.3 is 14.8 Å². The standard InChI is InChI=1S/C24H19F3N4O3/c25-24(26,27)34-18-7-5-15(6-8-18)14-33-19-10-16(12-28)9-17(11-19)30-23-29-13-20-21(31-23)3-1-2-4-22(20)32/h5-11,13H,1-4,14H2,(H,29,30,31). The summed E-state index contributed by atoms with van der Waals surface area (Å²) in [6.45, 7) is 0.0675. The normalized spacial score (nSPS) is 13.4. The summed E-state index contributed by atoms with van der Waals surface area (Å²) in [6, 6.07) is 12.2. The van der Waals surface area contributed by atoms with E-state index in [0.717, 1.165) is 12.8 Å². The number of alkyl halides is 3. The molecule has 0 saturated carbocycles. The number of Topliss-reactive ketones (excluding diaryl/α,β-unsaturated/α-hetero) is 1. The number of hydrogen-bond acceptors (Lipinski definition) is 7. The van der Waals surface area contributed by atoms with Gasteiger partial charge in [0.2, 0.25) is 5.95 Å². The van der Waals surface area contributed by atoms with Gasteiger partial charge in [-0.3, -0.25) is 4.79 Å². The lowest BCUT2D eigenvalue weighted by molar-refractivity contribution is -0.274. The summed E-state index contributed by atoms with van der Waals surface area (Å²) in [4.78, 5) is 20.9. The number of benzene rings is 2. The van der Waals surface area contributed by atoms with E-state index in [1.807, 2.05) is 0 Å². The highest BCUT2D eigenvalue weighted by molar-refractivity contribution is 5.97. The molecule has 2 aromatic carbocycles. The summed E-state index contributed by atoms with van der Waals surface area (Å²) in [7, 11) is 0. The second kappa shape index (κ2) is 9.79. The van der Waals surface area contributed by atoms with Crippen LogP contribution in [0.3, 0.4) is 0 Å².